The molecule has 6 rings (SSSR count). The number of para-hydroxylation sites is 1. The number of piperidine rings is 1. The van der Waals surface area contributed by atoms with Crippen LogP contribution in [-0.4, -0.2) is 46.5 Å². The van der Waals surface area contributed by atoms with Crippen molar-refractivity contribution in [2.75, 3.05) is 20.1 Å². The number of pyridine rings is 1. The van der Waals surface area contributed by atoms with Crippen LogP contribution in [0, 0.1) is 11.6 Å². The van der Waals surface area contributed by atoms with Gasteiger partial charge in [0.1, 0.15) is 6.54 Å². The predicted octanol–water partition coefficient (Wildman–Crippen LogP) is 8.38. The Morgan fingerprint density at radius 2 is 1.53 bits per heavy atom. The molecule has 5 aromatic rings. The first-order valence-electron chi connectivity index (χ1n) is 15.9. The Bertz CT molecular complexity index is 2000. The Morgan fingerprint density at radius 1 is 0.878 bits per heavy atom. The van der Waals surface area contributed by atoms with Gasteiger partial charge in [0.25, 0.3) is 0 Å². The van der Waals surface area contributed by atoms with Gasteiger partial charge in [-0.25, -0.2) is 8.78 Å². The summed E-state index contributed by atoms with van der Waals surface area (Å²) in [5.41, 5.74) is 2.04. The van der Waals surface area contributed by atoms with Crippen molar-refractivity contribution in [3.63, 3.8) is 0 Å². The number of rotatable bonds is 9. The molecular formula is C38H34F5N3O2S. The van der Waals surface area contributed by atoms with Gasteiger partial charge in [0, 0.05) is 35.4 Å². The average molecular weight is 692 g/mol. The Morgan fingerprint density at radius 3 is 2.20 bits per heavy atom. The van der Waals surface area contributed by atoms with Gasteiger partial charge in [0.2, 0.25) is 5.91 Å². The number of benzene rings is 4. The van der Waals surface area contributed by atoms with Crippen LogP contribution in [0.2, 0.25) is 0 Å². The van der Waals surface area contributed by atoms with Crippen molar-refractivity contribution in [1.82, 2.24) is 14.4 Å². The number of thioether (sulfide) groups is 1. The molecule has 1 aromatic heterocycles. The maximum atomic E-state index is 14.5. The molecule has 0 unspecified atom stereocenters. The Hall–Kier alpha value is -4.48. The van der Waals surface area contributed by atoms with E-state index in [1.54, 1.807) is 28.8 Å². The molecule has 254 valence electrons. The van der Waals surface area contributed by atoms with Crippen molar-refractivity contribution in [2.24, 2.45) is 0 Å². The van der Waals surface area contributed by atoms with Crippen LogP contribution in [0.3, 0.4) is 0 Å². The van der Waals surface area contributed by atoms with Gasteiger partial charge in [0.05, 0.1) is 16.1 Å². The summed E-state index contributed by atoms with van der Waals surface area (Å²) in [6.07, 6.45) is -2.86. The lowest BCUT2D eigenvalue weighted by molar-refractivity contribution is -0.137. The number of carbonyl (C=O) groups is 1. The molecule has 1 fully saturated rings. The summed E-state index contributed by atoms with van der Waals surface area (Å²) < 4.78 is 69.4. The molecular weight excluding hydrogens is 657 g/mol. The van der Waals surface area contributed by atoms with Crippen LogP contribution in [0.25, 0.3) is 22.0 Å². The van der Waals surface area contributed by atoms with Crippen molar-refractivity contribution >= 4 is 28.6 Å². The topological polar surface area (TPSA) is 45.5 Å². The van der Waals surface area contributed by atoms with E-state index in [9.17, 15) is 31.5 Å². The standard InChI is InChI=1S/C38H34F5N3O2S/c1-44-19-17-30(18-20-44)45(22-25-9-11-26(12-10-25)27-13-15-29(16-14-27)38(41,42)43)35(48)23-46-33-8-3-2-6-31(33)34(47)21-36(46)49-24-28-5-4-7-32(39)37(28)40/h2-16,21,30H,17-20,22-24H2,1H3. The molecule has 1 amide bonds. The summed E-state index contributed by atoms with van der Waals surface area (Å²) in [6, 6.07) is 24.8. The van der Waals surface area contributed by atoms with Gasteiger partial charge in [-0.2, -0.15) is 13.2 Å². The molecule has 4 aromatic carbocycles. The number of amides is 1. The van der Waals surface area contributed by atoms with Gasteiger partial charge in [-0.3, -0.25) is 9.59 Å². The first-order valence-corrected chi connectivity index (χ1v) is 16.9. The van der Waals surface area contributed by atoms with Gasteiger partial charge in [-0.15, -0.1) is 11.8 Å². The summed E-state index contributed by atoms with van der Waals surface area (Å²) in [7, 11) is 2.04. The van der Waals surface area contributed by atoms with E-state index in [-0.39, 0.29) is 35.2 Å². The highest BCUT2D eigenvalue weighted by Gasteiger charge is 2.30. The Kier molecular flexibility index (Phi) is 10.2. The summed E-state index contributed by atoms with van der Waals surface area (Å²) in [6.45, 7) is 1.88. The highest BCUT2D eigenvalue weighted by Crippen LogP contribution is 2.32. The largest absolute Gasteiger partial charge is 0.416 e. The van der Waals surface area contributed by atoms with Crippen molar-refractivity contribution < 1.29 is 26.7 Å². The molecule has 0 radical (unpaired) electrons. The lowest BCUT2D eigenvalue weighted by Crippen LogP contribution is -2.47. The van der Waals surface area contributed by atoms with Gasteiger partial charge >= 0.3 is 6.18 Å². The monoisotopic (exact) mass is 691 g/mol. The molecule has 49 heavy (non-hydrogen) atoms. The summed E-state index contributed by atoms with van der Waals surface area (Å²) >= 11 is 1.16. The molecule has 0 saturated carbocycles. The quantitative estimate of drug-likeness (QED) is 0.115. The maximum absolute atomic E-state index is 14.5. The molecule has 11 heteroatoms. The third-order valence-corrected chi connectivity index (χ3v) is 10.1. The van der Waals surface area contributed by atoms with Gasteiger partial charge in [-0.1, -0.05) is 60.7 Å². The molecule has 0 atom stereocenters. The molecule has 1 aliphatic heterocycles. The van der Waals surface area contributed by atoms with Crippen molar-refractivity contribution in [3.05, 3.63) is 136 Å². The number of alkyl halides is 3. The van der Waals surface area contributed by atoms with E-state index < -0.39 is 23.4 Å². The lowest BCUT2D eigenvalue weighted by Gasteiger charge is -2.38. The highest BCUT2D eigenvalue weighted by atomic mass is 32.2. The van der Waals surface area contributed by atoms with E-state index in [1.807, 2.05) is 36.2 Å². The lowest BCUT2D eigenvalue weighted by atomic mass is 10.0. The zero-order valence-electron chi connectivity index (χ0n) is 26.7. The molecule has 0 N–H and O–H groups in total. The zero-order valence-corrected chi connectivity index (χ0v) is 27.5. The van der Waals surface area contributed by atoms with E-state index in [2.05, 4.69) is 4.90 Å². The van der Waals surface area contributed by atoms with Gasteiger partial charge < -0.3 is 14.4 Å². The second-order valence-electron chi connectivity index (χ2n) is 12.3. The third kappa shape index (κ3) is 7.89. The van der Waals surface area contributed by atoms with Crippen LogP contribution in [0.1, 0.15) is 29.5 Å². The number of likely N-dealkylation sites (tertiary alicyclic amines) is 1. The van der Waals surface area contributed by atoms with E-state index in [1.165, 1.54) is 30.3 Å². The fraction of sp³-hybridized carbons (Fsp3) is 0.263. The Labute approximate surface area is 285 Å². The number of hydrogen-bond acceptors (Lipinski definition) is 4. The highest BCUT2D eigenvalue weighted by molar-refractivity contribution is 7.98. The zero-order chi connectivity index (χ0) is 34.7. The van der Waals surface area contributed by atoms with E-state index in [4.69, 9.17) is 0 Å². The first kappa shape index (κ1) is 34.4. The minimum Gasteiger partial charge on any atom is -0.334 e. The van der Waals surface area contributed by atoms with Crippen molar-refractivity contribution in [3.8, 4) is 11.1 Å². The third-order valence-electron chi connectivity index (χ3n) is 8.98. The van der Waals surface area contributed by atoms with Gasteiger partial charge in [-0.05, 0) is 80.0 Å². The second kappa shape index (κ2) is 14.6. The van der Waals surface area contributed by atoms with E-state index >= 15 is 0 Å². The fourth-order valence-electron chi connectivity index (χ4n) is 6.20. The molecule has 0 spiro atoms. The number of aromatic nitrogens is 1. The SMILES string of the molecule is CN1CCC(N(Cc2ccc(-c3ccc(C(F)(F)F)cc3)cc2)C(=O)Cn2c(SCc3cccc(F)c3F)cc(=O)c3ccccc32)CC1. The van der Waals surface area contributed by atoms with Crippen molar-refractivity contribution in [2.45, 2.75) is 48.9 Å². The van der Waals surface area contributed by atoms with Gasteiger partial charge in [0.15, 0.2) is 17.1 Å². The first-order chi connectivity index (χ1) is 23.5. The van der Waals surface area contributed by atoms with Crippen LogP contribution in [-0.2, 0) is 29.8 Å². The Balaban J connectivity index is 1.29. The number of fused-ring (bicyclic) bond motifs is 1. The second-order valence-corrected chi connectivity index (χ2v) is 13.3. The number of carbonyl (C=O) groups excluding carboxylic acids is 1. The van der Waals surface area contributed by atoms with Crippen LogP contribution < -0.4 is 5.43 Å². The molecule has 5 nitrogen and oxygen atoms in total. The number of halogens is 5. The van der Waals surface area contributed by atoms with Crippen LogP contribution in [0.5, 0.6) is 0 Å². The summed E-state index contributed by atoms with van der Waals surface area (Å²) in [5.74, 6) is -2.00. The molecule has 0 aliphatic carbocycles. The molecule has 1 saturated heterocycles. The number of nitrogens with zero attached hydrogens (tertiary/aromatic N) is 3. The smallest absolute Gasteiger partial charge is 0.334 e. The van der Waals surface area contributed by atoms with Crippen molar-refractivity contribution in [1.29, 1.82) is 0 Å². The fourth-order valence-corrected chi connectivity index (χ4v) is 7.24. The normalized spacial score (nSPS) is 14.3. The maximum Gasteiger partial charge on any atom is 0.416 e. The predicted molar refractivity (Wildman–Crippen MR) is 182 cm³/mol. The van der Waals surface area contributed by atoms with Crippen LogP contribution in [0.15, 0.2) is 107 Å². The van der Waals surface area contributed by atoms with Crippen LogP contribution >= 0.6 is 11.8 Å². The minimum atomic E-state index is -4.41. The minimum absolute atomic E-state index is 0.0403. The molecule has 0 bridgehead atoms. The average Bonchev–Trinajstić information content (AvgIpc) is 3.09. The summed E-state index contributed by atoms with van der Waals surface area (Å²) in [4.78, 5) is 31.5. The molecule has 1 aliphatic rings. The molecule has 2 heterocycles. The van der Waals surface area contributed by atoms with E-state index in [0.717, 1.165) is 67.0 Å². The number of hydrogen-bond donors (Lipinski definition) is 0. The van der Waals surface area contributed by atoms with E-state index in [0.29, 0.717) is 28.0 Å². The summed E-state index contributed by atoms with van der Waals surface area (Å²) in [5, 5.41) is 0.909. The van der Waals surface area contributed by atoms with Crippen LogP contribution in [0.4, 0.5) is 22.0 Å².